The predicted molar refractivity (Wildman–Crippen MR) is 115 cm³/mol. The molecule has 1 aromatic rings. The van der Waals surface area contributed by atoms with Crippen molar-refractivity contribution in [2.24, 2.45) is 17.8 Å². The number of carboxylic acids is 1. The van der Waals surface area contributed by atoms with E-state index in [1.165, 1.54) is 6.92 Å². The van der Waals surface area contributed by atoms with Crippen LogP contribution >= 0.6 is 11.6 Å². The minimum absolute atomic E-state index is 0.00748. The quantitative estimate of drug-likeness (QED) is 0.252. The van der Waals surface area contributed by atoms with Crippen LogP contribution in [-0.2, 0) is 14.4 Å². The lowest BCUT2D eigenvalue weighted by Gasteiger charge is -2.23. The van der Waals surface area contributed by atoms with Crippen molar-refractivity contribution in [2.45, 2.75) is 51.2 Å². The third kappa shape index (κ3) is 7.16. The van der Waals surface area contributed by atoms with Gasteiger partial charge >= 0.3 is 5.97 Å². The summed E-state index contributed by atoms with van der Waals surface area (Å²) in [5.41, 5.74) is 0. The summed E-state index contributed by atoms with van der Waals surface area (Å²) < 4.78 is 5.63. The Morgan fingerprint density at radius 3 is 2.61 bits per heavy atom. The molecule has 0 radical (unpaired) electrons. The molecule has 0 aliphatic heterocycles. The van der Waals surface area contributed by atoms with E-state index in [0.29, 0.717) is 37.3 Å². The van der Waals surface area contributed by atoms with Crippen LogP contribution in [0.1, 0.15) is 45.4 Å². The van der Waals surface area contributed by atoms with Crippen LogP contribution in [0.15, 0.2) is 36.4 Å². The smallest absolute Gasteiger partial charge is 0.364 e. The van der Waals surface area contributed by atoms with Crippen LogP contribution < -0.4 is 4.74 Å². The summed E-state index contributed by atoms with van der Waals surface area (Å²) in [5.74, 6) is -6.11. The summed E-state index contributed by atoms with van der Waals surface area (Å²) in [7, 11) is 0. The second kappa shape index (κ2) is 11.4. The van der Waals surface area contributed by atoms with E-state index in [2.05, 4.69) is 0 Å². The summed E-state index contributed by atoms with van der Waals surface area (Å²) in [6, 6.07) is 7.12. The molecule has 2 rings (SSSR count). The van der Waals surface area contributed by atoms with E-state index in [1.54, 1.807) is 24.3 Å². The lowest BCUT2D eigenvalue weighted by Crippen LogP contribution is -2.47. The van der Waals surface area contributed by atoms with Crippen LogP contribution in [0.25, 0.3) is 0 Å². The average molecular weight is 453 g/mol. The highest BCUT2D eigenvalue weighted by Crippen LogP contribution is 2.34. The summed E-state index contributed by atoms with van der Waals surface area (Å²) >= 11 is 5.84. The van der Waals surface area contributed by atoms with Gasteiger partial charge in [-0.25, -0.2) is 4.79 Å². The minimum Gasteiger partial charge on any atom is -0.493 e. The number of allylic oxidation sites excluding steroid dienone is 1. The van der Waals surface area contributed by atoms with E-state index >= 15 is 0 Å². The molecule has 0 spiro atoms. The van der Waals surface area contributed by atoms with E-state index < -0.39 is 23.5 Å². The van der Waals surface area contributed by atoms with Gasteiger partial charge in [-0.1, -0.05) is 23.8 Å². The van der Waals surface area contributed by atoms with Crippen molar-refractivity contribution in [1.82, 2.24) is 0 Å². The first kappa shape index (κ1) is 25.0. The van der Waals surface area contributed by atoms with E-state index in [0.717, 1.165) is 12.2 Å². The summed E-state index contributed by atoms with van der Waals surface area (Å²) in [5, 5.41) is 28.5. The Bertz CT molecular complexity index is 801. The molecular formula is C23H29ClO7. The van der Waals surface area contributed by atoms with Gasteiger partial charge in [0.05, 0.1) is 12.5 Å². The molecule has 8 heteroatoms. The number of hydrogen-bond donors (Lipinski definition) is 3. The van der Waals surface area contributed by atoms with Gasteiger partial charge in [0.1, 0.15) is 17.3 Å². The molecule has 1 unspecified atom stereocenters. The number of Topliss-reactive ketones (excluding diaryl/α,β-unsaturated/α-hetero) is 2. The highest BCUT2D eigenvalue weighted by Gasteiger charge is 2.43. The number of aliphatic hydroxyl groups is 2. The Balaban J connectivity index is 1.76. The molecule has 0 aromatic heterocycles. The highest BCUT2D eigenvalue weighted by atomic mass is 35.5. The fourth-order valence-electron chi connectivity index (χ4n) is 3.71. The zero-order valence-electron chi connectivity index (χ0n) is 17.5. The van der Waals surface area contributed by atoms with Crippen LogP contribution in [0.5, 0.6) is 5.75 Å². The molecule has 3 N–H and O–H groups in total. The maximum Gasteiger partial charge on any atom is 0.364 e. The molecule has 1 saturated carbocycles. The molecule has 3 atom stereocenters. The molecule has 0 amide bonds. The van der Waals surface area contributed by atoms with Gasteiger partial charge < -0.3 is 20.1 Å². The van der Waals surface area contributed by atoms with Gasteiger partial charge in [0.15, 0.2) is 0 Å². The van der Waals surface area contributed by atoms with Crippen molar-refractivity contribution < 1.29 is 34.4 Å². The maximum atomic E-state index is 12.2. The van der Waals surface area contributed by atoms with Crippen molar-refractivity contribution in [3.8, 4) is 5.75 Å². The lowest BCUT2D eigenvalue weighted by molar-refractivity contribution is -0.219. The van der Waals surface area contributed by atoms with Crippen LogP contribution in [-0.4, -0.2) is 45.2 Å². The van der Waals surface area contributed by atoms with Gasteiger partial charge in [-0.05, 0) is 62.8 Å². The Kier molecular flexibility index (Phi) is 9.22. The Labute approximate surface area is 186 Å². The minimum atomic E-state index is -3.08. The molecule has 1 aromatic carbocycles. The van der Waals surface area contributed by atoms with Crippen molar-refractivity contribution >= 4 is 29.1 Å². The van der Waals surface area contributed by atoms with E-state index in [1.807, 2.05) is 12.2 Å². The fourth-order valence-corrected chi connectivity index (χ4v) is 3.83. The van der Waals surface area contributed by atoms with E-state index in [9.17, 15) is 24.6 Å². The van der Waals surface area contributed by atoms with Crippen LogP contribution in [0.4, 0.5) is 0 Å². The second-order valence-electron chi connectivity index (χ2n) is 7.91. The molecule has 1 fully saturated rings. The zero-order valence-corrected chi connectivity index (χ0v) is 18.3. The maximum absolute atomic E-state index is 12.2. The number of carboxylic acid groups (broad SMARTS) is 1. The molecule has 31 heavy (non-hydrogen) atoms. The molecule has 0 heterocycles. The normalized spacial score (nSPS) is 20.2. The topological polar surface area (TPSA) is 121 Å². The Morgan fingerprint density at radius 2 is 1.97 bits per heavy atom. The van der Waals surface area contributed by atoms with Crippen molar-refractivity contribution in [3.63, 3.8) is 0 Å². The predicted octanol–water partition coefficient (Wildman–Crippen LogP) is 3.40. The largest absolute Gasteiger partial charge is 0.493 e. The fraction of sp³-hybridized carbons (Fsp3) is 0.522. The standard InChI is InChI=1S/C23H29ClO7/c1-15(23(29,30)22(27)28)20(25)7-4-6-19-16(8-13-21(19)26)5-2-3-14-31-18-11-9-17(24)10-12-18/h2,5,9-12,15-16,19,29-30H,3-4,6-8,13-14H2,1H3,(H,27,28)/b5-2+/t15?,16-,19+/m0/s1. The number of benzene rings is 1. The Hall–Kier alpha value is -2.22. The molecular weight excluding hydrogens is 424 g/mol. The first-order chi connectivity index (χ1) is 14.6. The van der Waals surface area contributed by atoms with Gasteiger partial charge in [0.25, 0.3) is 5.79 Å². The number of carbonyl (C=O) groups is 3. The number of hydrogen-bond acceptors (Lipinski definition) is 6. The highest BCUT2D eigenvalue weighted by molar-refractivity contribution is 6.30. The molecule has 1 aliphatic rings. The van der Waals surface area contributed by atoms with E-state index in [-0.39, 0.29) is 24.0 Å². The van der Waals surface area contributed by atoms with Crippen molar-refractivity contribution in [3.05, 3.63) is 41.4 Å². The summed E-state index contributed by atoms with van der Waals surface area (Å²) in [6.07, 6.45) is 6.87. The van der Waals surface area contributed by atoms with Gasteiger partial charge in [0, 0.05) is 23.8 Å². The third-order valence-electron chi connectivity index (χ3n) is 5.74. The zero-order chi connectivity index (χ0) is 23.0. The number of carbonyl (C=O) groups excluding carboxylic acids is 2. The SMILES string of the molecule is CC(C(=O)CCC[C@H]1C(=O)CC[C@@H]1/C=C/CCOc1ccc(Cl)cc1)C(O)(O)C(=O)O. The van der Waals surface area contributed by atoms with Gasteiger partial charge in [0.2, 0.25) is 0 Å². The summed E-state index contributed by atoms with van der Waals surface area (Å²) in [6.45, 7) is 1.68. The van der Waals surface area contributed by atoms with Crippen LogP contribution in [0, 0.1) is 17.8 Å². The molecule has 0 saturated heterocycles. The first-order valence-electron chi connectivity index (χ1n) is 10.4. The summed E-state index contributed by atoms with van der Waals surface area (Å²) in [4.78, 5) is 35.2. The van der Waals surface area contributed by atoms with E-state index in [4.69, 9.17) is 21.4 Å². The average Bonchev–Trinajstić information content (AvgIpc) is 3.08. The molecule has 0 bridgehead atoms. The number of halogens is 1. The number of aliphatic carboxylic acids is 1. The molecule has 170 valence electrons. The lowest BCUT2D eigenvalue weighted by atomic mass is 9.87. The number of ether oxygens (including phenoxy) is 1. The van der Waals surface area contributed by atoms with Crippen molar-refractivity contribution in [1.29, 1.82) is 0 Å². The first-order valence-corrected chi connectivity index (χ1v) is 10.8. The Morgan fingerprint density at radius 1 is 1.29 bits per heavy atom. The van der Waals surface area contributed by atoms with Crippen LogP contribution in [0.3, 0.4) is 0 Å². The molecule has 1 aliphatic carbocycles. The molecule has 7 nitrogen and oxygen atoms in total. The van der Waals surface area contributed by atoms with Gasteiger partial charge in [-0.15, -0.1) is 0 Å². The van der Waals surface area contributed by atoms with Gasteiger partial charge in [-0.3, -0.25) is 9.59 Å². The second-order valence-corrected chi connectivity index (χ2v) is 8.34. The third-order valence-corrected chi connectivity index (χ3v) is 6.00. The monoisotopic (exact) mass is 452 g/mol. The van der Waals surface area contributed by atoms with Crippen LogP contribution in [0.2, 0.25) is 5.02 Å². The number of ketones is 2. The van der Waals surface area contributed by atoms with Gasteiger partial charge in [-0.2, -0.15) is 0 Å². The van der Waals surface area contributed by atoms with Crippen molar-refractivity contribution in [2.75, 3.05) is 6.61 Å². The number of rotatable bonds is 12.